The predicted molar refractivity (Wildman–Crippen MR) is 77.1 cm³/mol. The highest BCUT2D eigenvalue weighted by Gasteiger charge is 2.32. The second-order valence-corrected chi connectivity index (χ2v) is 4.74. The third kappa shape index (κ3) is 2.95. The quantitative estimate of drug-likeness (QED) is 0.649. The Morgan fingerprint density at radius 3 is 2.77 bits per heavy atom. The first-order chi connectivity index (χ1) is 10.4. The van der Waals surface area contributed by atoms with Crippen molar-refractivity contribution in [2.45, 2.75) is 12.7 Å². The molecule has 0 amide bonds. The second-order valence-electron chi connectivity index (χ2n) is 4.74. The molecule has 0 saturated carbocycles. The molecule has 2 heterocycles. The van der Waals surface area contributed by atoms with Gasteiger partial charge in [-0.3, -0.25) is 4.98 Å². The highest BCUT2D eigenvalue weighted by Crippen LogP contribution is 2.28. The number of aromatic amines is 1. The van der Waals surface area contributed by atoms with Gasteiger partial charge in [0.25, 0.3) is 0 Å². The van der Waals surface area contributed by atoms with Gasteiger partial charge in [-0.2, -0.15) is 13.2 Å². The zero-order valence-corrected chi connectivity index (χ0v) is 11.3. The summed E-state index contributed by atoms with van der Waals surface area (Å²) >= 11 is 0. The number of fused-ring (bicyclic) bond motifs is 1. The molecule has 114 valence electrons. The smallest absolute Gasteiger partial charge is 0.399 e. The Kier molecular flexibility index (Phi) is 3.36. The molecule has 0 fully saturated rings. The van der Waals surface area contributed by atoms with Crippen LogP contribution in [0.25, 0.3) is 11.0 Å². The number of rotatable bonds is 3. The molecule has 3 aromatic rings. The lowest BCUT2D eigenvalue weighted by Crippen LogP contribution is -2.09. The van der Waals surface area contributed by atoms with E-state index in [9.17, 15) is 13.2 Å². The van der Waals surface area contributed by atoms with Gasteiger partial charge in [-0.25, -0.2) is 4.98 Å². The van der Waals surface area contributed by atoms with Crippen LogP contribution in [-0.4, -0.2) is 15.0 Å². The molecule has 0 aliphatic rings. The first-order valence-electron chi connectivity index (χ1n) is 6.43. The highest BCUT2D eigenvalue weighted by molar-refractivity contribution is 5.78. The third-order valence-corrected chi connectivity index (χ3v) is 3.07. The molecule has 3 rings (SSSR count). The van der Waals surface area contributed by atoms with E-state index in [0.717, 1.165) is 17.8 Å². The number of halogens is 3. The SMILES string of the molecule is Nc1ccc2[nH]c(CNc3ccnc(C(F)(F)F)c3)nc2c1. The summed E-state index contributed by atoms with van der Waals surface area (Å²) in [6.45, 7) is 0.260. The summed E-state index contributed by atoms with van der Waals surface area (Å²) in [5.74, 6) is 0.603. The van der Waals surface area contributed by atoms with Gasteiger partial charge in [0.15, 0.2) is 0 Å². The topological polar surface area (TPSA) is 79.6 Å². The van der Waals surface area contributed by atoms with Crippen molar-refractivity contribution in [2.75, 3.05) is 11.1 Å². The van der Waals surface area contributed by atoms with Crippen molar-refractivity contribution in [1.82, 2.24) is 15.0 Å². The van der Waals surface area contributed by atoms with E-state index in [-0.39, 0.29) is 6.54 Å². The lowest BCUT2D eigenvalue weighted by molar-refractivity contribution is -0.141. The number of pyridine rings is 1. The number of hydrogen-bond donors (Lipinski definition) is 3. The van der Waals surface area contributed by atoms with Crippen LogP contribution in [0.3, 0.4) is 0 Å². The molecule has 5 nitrogen and oxygen atoms in total. The first kappa shape index (κ1) is 14.2. The molecule has 0 saturated heterocycles. The summed E-state index contributed by atoms with van der Waals surface area (Å²) in [5, 5.41) is 2.88. The van der Waals surface area contributed by atoms with E-state index in [1.807, 2.05) is 0 Å². The van der Waals surface area contributed by atoms with Gasteiger partial charge in [-0.1, -0.05) is 0 Å². The Bertz CT molecular complexity index is 810. The molecule has 2 aromatic heterocycles. The summed E-state index contributed by atoms with van der Waals surface area (Å²) in [6, 6.07) is 7.70. The average Bonchev–Trinajstić information content (AvgIpc) is 2.86. The van der Waals surface area contributed by atoms with Crippen LogP contribution in [0.2, 0.25) is 0 Å². The van der Waals surface area contributed by atoms with E-state index < -0.39 is 11.9 Å². The Morgan fingerprint density at radius 2 is 2.00 bits per heavy atom. The summed E-state index contributed by atoms with van der Waals surface area (Å²) in [4.78, 5) is 10.7. The molecule has 0 spiro atoms. The second kappa shape index (κ2) is 5.21. The molecule has 22 heavy (non-hydrogen) atoms. The van der Waals surface area contributed by atoms with Crippen LogP contribution in [0.4, 0.5) is 24.5 Å². The number of benzene rings is 1. The van der Waals surface area contributed by atoms with Crippen molar-refractivity contribution in [1.29, 1.82) is 0 Å². The van der Waals surface area contributed by atoms with Crippen molar-refractivity contribution < 1.29 is 13.2 Å². The van der Waals surface area contributed by atoms with Crippen molar-refractivity contribution in [3.63, 3.8) is 0 Å². The predicted octanol–water partition coefficient (Wildman–Crippen LogP) is 3.17. The summed E-state index contributed by atoms with van der Waals surface area (Å²) in [6.07, 6.45) is -3.35. The molecule has 0 aliphatic heterocycles. The van der Waals surface area contributed by atoms with Gasteiger partial charge in [0.05, 0.1) is 17.6 Å². The third-order valence-electron chi connectivity index (χ3n) is 3.07. The fourth-order valence-corrected chi connectivity index (χ4v) is 2.04. The van der Waals surface area contributed by atoms with Crippen molar-refractivity contribution >= 4 is 22.4 Å². The van der Waals surface area contributed by atoms with E-state index in [2.05, 4.69) is 20.3 Å². The van der Waals surface area contributed by atoms with Crippen LogP contribution in [0, 0.1) is 0 Å². The number of anilines is 2. The van der Waals surface area contributed by atoms with Crippen LogP contribution in [-0.2, 0) is 12.7 Å². The van der Waals surface area contributed by atoms with E-state index in [1.165, 1.54) is 6.07 Å². The van der Waals surface area contributed by atoms with E-state index in [1.54, 1.807) is 18.2 Å². The van der Waals surface area contributed by atoms with Crippen LogP contribution in [0.15, 0.2) is 36.5 Å². The maximum atomic E-state index is 12.6. The lowest BCUT2D eigenvalue weighted by atomic mass is 10.3. The molecule has 8 heteroatoms. The standard InChI is InChI=1S/C14H12F3N5/c15-14(16,17)12-6-9(3-4-19-12)20-7-13-21-10-2-1-8(18)5-11(10)22-13/h1-6H,7,18H2,(H,19,20)(H,21,22). The van der Waals surface area contributed by atoms with E-state index >= 15 is 0 Å². The van der Waals surface area contributed by atoms with Crippen LogP contribution in [0.1, 0.15) is 11.5 Å². The van der Waals surface area contributed by atoms with Crippen molar-refractivity contribution in [2.24, 2.45) is 0 Å². The number of imidazole rings is 1. The molecular weight excluding hydrogens is 295 g/mol. The van der Waals surface area contributed by atoms with Crippen LogP contribution in [0.5, 0.6) is 0 Å². The zero-order chi connectivity index (χ0) is 15.7. The van der Waals surface area contributed by atoms with Crippen LogP contribution >= 0.6 is 0 Å². The molecule has 1 aromatic carbocycles. The monoisotopic (exact) mass is 307 g/mol. The average molecular weight is 307 g/mol. The summed E-state index contributed by atoms with van der Waals surface area (Å²) < 4.78 is 37.8. The Morgan fingerprint density at radius 1 is 1.18 bits per heavy atom. The number of hydrogen-bond acceptors (Lipinski definition) is 4. The number of nitrogens with zero attached hydrogens (tertiary/aromatic N) is 2. The molecule has 0 radical (unpaired) electrons. The number of nitrogen functional groups attached to an aromatic ring is 1. The highest BCUT2D eigenvalue weighted by atomic mass is 19.4. The fraction of sp³-hybridized carbons (Fsp3) is 0.143. The maximum absolute atomic E-state index is 12.6. The number of alkyl halides is 3. The minimum atomic E-state index is -4.46. The van der Waals surface area contributed by atoms with E-state index in [0.29, 0.717) is 22.7 Å². The van der Waals surface area contributed by atoms with Gasteiger partial charge in [-0.05, 0) is 30.3 Å². The fourth-order valence-electron chi connectivity index (χ4n) is 2.04. The Hall–Kier alpha value is -2.77. The van der Waals surface area contributed by atoms with Crippen molar-refractivity contribution in [3.05, 3.63) is 48.0 Å². The number of nitrogens with two attached hydrogens (primary N) is 1. The normalized spacial score (nSPS) is 11.8. The van der Waals surface area contributed by atoms with Gasteiger partial charge in [0.2, 0.25) is 0 Å². The lowest BCUT2D eigenvalue weighted by Gasteiger charge is -2.08. The minimum absolute atomic E-state index is 0.260. The van der Waals surface area contributed by atoms with Crippen LogP contribution < -0.4 is 11.1 Å². The number of aromatic nitrogens is 3. The summed E-state index contributed by atoms with van der Waals surface area (Å²) in [7, 11) is 0. The zero-order valence-electron chi connectivity index (χ0n) is 11.3. The minimum Gasteiger partial charge on any atom is -0.399 e. The molecule has 0 atom stereocenters. The van der Waals surface area contributed by atoms with Gasteiger partial charge >= 0.3 is 6.18 Å². The Balaban J connectivity index is 1.76. The molecule has 0 aliphatic carbocycles. The van der Waals surface area contributed by atoms with E-state index in [4.69, 9.17) is 5.73 Å². The van der Waals surface area contributed by atoms with Gasteiger partial charge < -0.3 is 16.0 Å². The largest absolute Gasteiger partial charge is 0.433 e. The molecule has 0 bridgehead atoms. The van der Waals surface area contributed by atoms with Gasteiger partial charge in [0, 0.05) is 17.6 Å². The summed E-state index contributed by atoms with van der Waals surface area (Å²) in [5.41, 5.74) is 7.19. The molecular formula is C14H12F3N5. The molecule has 4 N–H and O–H groups in total. The Labute approximate surface area is 123 Å². The number of H-pyrrole nitrogens is 1. The molecule has 0 unspecified atom stereocenters. The van der Waals surface area contributed by atoms with Crippen molar-refractivity contribution in [3.8, 4) is 0 Å². The first-order valence-corrected chi connectivity index (χ1v) is 6.43. The number of nitrogens with one attached hydrogen (secondary N) is 2. The van der Waals surface area contributed by atoms with Gasteiger partial charge in [0.1, 0.15) is 11.5 Å². The van der Waals surface area contributed by atoms with Gasteiger partial charge in [-0.15, -0.1) is 0 Å². The maximum Gasteiger partial charge on any atom is 0.433 e.